The van der Waals surface area contributed by atoms with Gasteiger partial charge in [-0.1, -0.05) is 23.4 Å². The van der Waals surface area contributed by atoms with Crippen molar-refractivity contribution >= 4 is 23.3 Å². The minimum Gasteiger partial charge on any atom is -0.317 e. The number of urea groups is 1. The minimum absolute atomic E-state index is 0.174. The lowest BCUT2D eigenvalue weighted by atomic mass is 9.83. The van der Waals surface area contributed by atoms with Crippen molar-refractivity contribution in [3.05, 3.63) is 28.8 Å². The van der Waals surface area contributed by atoms with Crippen LogP contribution in [0.2, 0.25) is 5.02 Å². The van der Waals surface area contributed by atoms with Gasteiger partial charge in [0.15, 0.2) is 0 Å². The van der Waals surface area contributed by atoms with E-state index in [0.29, 0.717) is 5.02 Å². The molecule has 1 aliphatic carbocycles. The molecule has 1 aliphatic heterocycles. The molecule has 1 fully saturated rings. The Kier molecular flexibility index (Phi) is 3.31. The number of hydrogen-bond donors (Lipinski definition) is 2. The number of hydrogen-bond acceptors (Lipinski definition) is 1. The summed E-state index contributed by atoms with van der Waals surface area (Å²) in [5, 5.41) is 6.29. The van der Waals surface area contributed by atoms with Crippen LogP contribution in [0.5, 0.6) is 0 Å². The number of halogens is 2. The molecule has 3 nitrogen and oxygen atoms in total. The number of carbonyl (C=O) groups is 1. The van der Waals surface area contributed by atoms with Gasteiger partial charge in [0.2, 0.25) is 0 Å². The van der Waals surface area contributed by atoms with E-state index < -0.39 is 12.2 Å². The molecule has 2 N–H and O–H groups in total. The molecule has 2 aliphatic rings. The number of benzene rings is 1. The zero-order valence-electron chi connectivity index (χ0n) is 10.8. The number of rotatable bonds is 2. The first-order valence-corrected chi connectivity index (χ1v) is 6.99. The van der Waals surface area contributed by atoms with Gasteiger partial charge in [0.25, 0.3) is 0 Å². The third kappa shape index (κ3) is 2.23. The fraction of sp³-hybridized carbons (Fsp3) is 0.400. The molecule has 20 heavy (non-hydrogen) atoms. The standard InChI is InChI=1S/C15H14ClFN2O/c16-11-5-6-13-12(9-11)15(10-3-4-10,7-1-2-8-17)19-14(20)18-13/h5-6,9-10H,2-4,8H2,(H2,18,19,20). The summed E-state index contributed by atoms with van der Waals surface area (Å²) < 4.78 is 12.3. The van der Waals surface area contributed by atoms with Crippen LogP contribution < -0.4 is 10.6 Å². The number of nitrogens with one attached hydrogen (secondary N) is 2. The Morgan fingerprint density at radius 1 is 1.45 bits per heavy atom. The van der Waals surface area contributed by atoms with E-state index >= 15 is 0 Å². The molecule has 1 aromatic carbocycles. The van der Waals surface area contributed by atoms with Gasteiger partial charge in [-0.15, -0.1) is 0 Å². The van der Waals surface area contributed by atoms with Crippen LogP contribution in [0.3, 0.4) is 0 Å². The number of fused-ring (bicyclic) bond motifs is 1. The van der Waals surface area contributed by atoms with E-state index in [-0.39, 0.29) is 18.4 Å². The molecule has 3 rings (SSSR count). The van der Waals surface area contributed by atoms with Crippen LogP contribution in [-0.4, -0.2) is 12.7 Å². The molecule has 5 heteroatoms. The molecule has 0 radical (unpaired) electrons. The van der Waals surface area contributed by atoms with Gasteiger partial charge in [-0.2, -0.15) is 0 Å². The van der Waals surface area contributed by atoms with E-state index in [0.717, 1.165) is 24.1 Å². The molecule has 104 valence electrons. The van der Waals surface area contributed by atoms with E-state index in [1.807, 2.05) is 6.07 Å². The second-order valence-corrected chi connectivity index (χ2v) is 5.53. The van der Waals surface area contributed by atoms with Crippen LogP contribution in [0.25, 0.3) is 0 Å². The molecular formula is C15H14ClFN2O. The van der Waals surface area contributed by atoms with Crippen molar-refractivity contribution in [2.75, 3.05) is 12.0 Å². The van der Waals surface area contributed by atoms with Crippen LogP contribution in [0.15, 0.2) is 18.2 Å². The van der Waals surface area contributed by atoms with Gasteiger partial charge in [0.05, 0.1) is 0 Å². The van der Waals surface area contributed by atoms with Crippen LogP contribution in [0, 0.1) is 17.8 Å². The molecule has 1 saturated carbocycles. The van der Waals surface area contributed by atoms with Gasteiger partial charge in [0.1, 0.15) is 12.2 Å². The Labute approximate surface area is 121 Å². The smallest absolute Gasteiger partial charge is 0.317 e. The van der Waals surface area contributed by atoms with Gasteiger partial charge in [-0.05, 0) is 37.0 Å². The maximum atomic E-state index is 12.3. The molecule has 1 heterocycles. The second-order valence-electron chi connectivity index (χ2n) is 5.09. The van der Waals surface area contributed by atoms with Crippen molar-refractivity contribution in [3.8, 4) is 11.8 Å². The van der Waals surface area contributed by atoms with Crippen LogP contribution in [0.4, 0.5) is 14.9 Å². The summed E-state index contributed by atoms with van der Waals surface area (Å²) in [4.78, 5) is 11.9. The second kappa shape index (κ2) is 4.99. The largest absolute Gasteiger partial charge is 0.320 e. The molecule has 0 spiro atoms. The van der Waals surface area contributed by atoms with Crippen molar-refractivity contribution in [2.24, 2.45) is 5.92 Å². The lowest BCUT2D eigenvalue weighted by molar-refractivity contribution is 0.238. The number of carbonyl (C=O) groups excluding carboxylic acids is 1. The highest BCUT2D eigenvalue weighted by Gasteiger charge is 2.50. The monoisotopic (exact) mass is 292 g/mol. The van der Waals surface area contributed by atoms with E-state index in [9.17, 15) is 9.18 Å². The topological polar surface area (TPSA) is 41.1 Å². The van der Waals surface area contributed by atoms with Crippen molar-refractivity contribution < 1.29 is 9.18 Å². The minimum atomic E-state index is -0.738. The lowest BCUT2D eigenvalue weighted by Crippen LogP contribution is -2.52. The van der Waals surface area contributed by atoms with E-state index in [2.05, 4.69) is 22.5 Å². The first-order valence-electron chi connectivity index (χ1n) is 6.61. The summed E-state index contributed by atoms with van der Waals surface area (Å²) in [7, 11) is 0. The van der Waals surface area contributed by atoms with Gasteiger partial charge in [-0.25, -0.2) is 4.79 Å². The highest BCUT2D eigenvalue weighted by atomic mass is 35.5. The van der Waals surface area contributed by atoms with Crippen molar-refractivity contribution in [2.45, 2.75) is 24.8 Å². The van der Waals surface area contributed by atoms with E-state index in [1.165, 1.54) is 0 Å². The molecule has 2 amide bonds. The summed E-state index contributed by atoms with van der Waals surface area (Å²) in [5.74, 6) is 6.19. The molecule has 0 saturated heterocycles. The maximum absolute atomic E-state index is 12.3. The number of amides is 2. The third-order valence-electron chi connectivity index (χ3n) is 3.66. The molecule has 1 unspecified atom stereocenters. The first kappa shape index (κ1) is 13.3. The third-order valence-corrected chi connectivity index (χ3v) is 3.90. The number of alkyl halides is 1. The quantitative estimate of drug-likeness (QED) is 0.806. The van der Waals surface area contributed by atoms with Crippen LogP contribution in [-0.2, 0) is 5.54 Å². The Morgan fingerprint density at radius 3 is 2.95 bits per heavy atom. The van der Waals surface area contributed by atoms with Gasteiger partial charge in [0, 0.05) is 22.7 Å². The predicted octanol–water partition coefficient (Wildman–Crippen LogP) is 3.44. The number of anilines is 1. The summed E-state index contributed by atoms with van der Waals surface area (Å²) >= 11 is 6.08. The van der Waals surface area contributed by atoms with E-state index in [1.54, 1.807) is 12.1 Å². The summed E-state index contributed by atoms with van der Waals surface area (Å²) in [5.41, 5.74) is 0.857. The van der Waals surface area contributed by atoms with Crippen molar-refractivity contribution in [1.82, 2.24) is 5.32 Å². The fourth-order valence-corrected chi connectivity index (χ4v) is 2.81. The average molecular weight is 293 g/mol. The average Bonchev–Trinajstić information content (AvgIpc) is 3.24. The SMILES string of the molecule is O=C1Nc2ccc(Cl)cc2C(C#CCCF)(C2CC2)N1. The zero-order valence-corrected chi connectivity index (χ0v) is 11.6. The highest BCUT2D eigenvalue weighted by Crippen LogP contribution is 2.49. The predicted molar refractivity (Wildman–Crippen MR) is 76.4 cm³/mol. The van der Waals surface area contributed by atoms with Crippen LogP contribution in [0.1, 0.15) is 24.8 Å². The molecule has 0 bridgehead atoms. The first-order chi connectivity index (χ1) is 9.65. The van der Waals surface area contributed by atoms with Gasteiger partial charge < -0.3 is 10.6 Å². The van der Waals surface area contributed by atoms with Crippen LogP contribution >= 0.6 is 11.6 Å². The van der Waals surface area contributed by atoms with Crippen molar-refractivity contribution in [3.63, 3.8) is 0 Å². The van der Waals surface area contributed by atoms with E-state index in [4.69, 9.17) is 11.6 Å². The summed E-state index contributed by atoms with van der Waals surface area (Å²) in [6.45, 7) is -0.484. The Balaban J connectivity index is 2.12. The molecular weight excluding hydrogens is 279 g/mol. The zero-order chi connectivity index (χ0) is 14.2. The normalized spacial score (nSPS) is 24.0. The van der Waals surface area contributed by atoms with Crippen molar-refractivity contribution in [1.29, 1.82) is 0 Å². The summed E-state index contributed by atoms with van der Waals surface area (Å²) in [6, 6.07) is 5.07. The molecule has 0 aromatic heterocycles. The highest BCUT2D eigenvalue weighted by molar-refractivity contribution is 6.30. The van der Waals surface area contributed by atoms with Gasteiger partial charge >= 0.3 is 6.03 Å². The Bertz CT molecular complexity index is 618. The Morgan fingerprint density at radius 2 is 2.25 bits per heavy atom. The lowest BCUT2D eigenvalue weighted by Gasteiger charge is -2.36. The molecule has 1 aromatic rings. The molecule has 1 atom stereocenters. The van der Waals surface area contributed by atoms with Gasteiger partial charge in [-0.3, -0.25) is 4.39 Å². The Hall–Kier alpha value is -1.73. The fourth-order valence-electron chi connectivity index (χ4n) is 2.64. The maximum Gasteiger partial charge on any atom is 0.320 e. The summed E-state index contributed by atoms with van der Waals surface area (Å²) in [6.07, 6.45) is 2.17.